The van der Waals surface area contributed by atoms with Gasteiger partial charge in [0.2, 0.25) is 5.91 Å². The van der Waals surface area contributed by atoms with E-state index < -0.39 is 5.60 Å². The first-order valence-electron chi connectivity index (χ1n) is 7.12. The van der Waals surface area contributed by atoms with Crippen molar-refractivity contribution in [1.82, 2.24) is 0 Å². The van der Waals surface area contributed by atoms with Crippen molar-refractivity contribution in [3.63, 3.8) is 0 Å². The third-order valence-electron chi connectivity index (χ3n) is 3.71. The van der Waals surface area contributed by atoms with Crippen LogP contribution in [-0.4, -0.2) is 24.3 Å². The van der Waals surface area contributed by atoms with Crippen LogP contribution in [0.5, 0.6) is 0 Å². The Labute approximate surface area is 136 Å². The molecule has 0 aliphatic rings. The van der Waals surface area contributed by atoms with Crippen molar-refractivity contribution in [2.24, 2.45) is 0 Å². The van der Waals surface area contributed by atoms with E-state index in [-0.39, 0.29) is 12.3 Å². The molecule has 2 rings (SSSR count). The Balaban J connectivity index is 2.14. The molecule has 0 aliphatic heterocycles. The molecule has 1 N–H and O–H groups in total. The van der Waals surface area contributed by atoms with E-state index in [4.69, 9.17) is 0 Å². The molecule has 0 radical (unpaired) electrons. The van der Waals surface area contributed by atoms with Crippen molar-refractivity contribution < 1.29 is 9.90 Å². The van der Waals surface area contributed by atoms with Crippen LogP contribution in [0.4, 0.5) is 5.69 Å². The SMILES string of the molecule is CSc1cccc(N(C)C(=O)CC(C)(O)c2ccccc2)c1. The van der Waals surface area contributed by atoms with Crippen LogP contribution in [0, 0.1) is 0 Å². The molecule has 3 nitrogen and oxygen atoms in total. The smallest absolute Gasteiger partial charge is 0.229 e. The third-order valence-corrected chi connectivity index (χ3v) is 4.43. The van der Waals surface area contributed by atoms with Crippen LogP contribution in [0.25, 0.3) is 0 Å². The van der Waals surface area contributed by atoms with E-state index in [0.717, 1.165) is 16.1 Å². The molecule has 116 valence electrons. The average molecular weight is 315 g/mol. The highest BCUT2D eigenvalue weighted by atomic mass is 32.2. The second-order valence-electron chi connectivity index (χ2n) is 5.47. The number of carbonyl (C=O) groups is 1. The van der Waals surface area contributed by atoms with E-state index in [1.165, 1.54) is 0 Å². The van der Waals surface area contributed by atoms with Gasteiger partial charge in [-0.3, -0.25) is 4.79 Å². The predicted molar refractivity (Wildman–Crippen MR) is 92.3 cm³/mol. The van der Waals surface area contributed by atoms with Gasteiger partial charge < -0.3 is 10.0 Å². The lowest BCUT2D eigenvalue weighted by Crippen LogP contribution is -2.34. The number of hydrogen-bond acceptors (Lipinski definition) is 3. The Bertz CT molecular complexity index is 641. The predicted octanol–water partition coefficient (Wildman–Crippen LogP) is 3.67. The van der Waals surface area contributed by atoms with E-state index >= 15 is 0 Å². The van der Waals surface area contributed by atoms with Gasteiger partial charge in [0.15, 0.2) is 0 Å². The van der Waals surface area contributed by atoms with Gasteiger partial charge in [0.25, 0.3) is 0 Å². The van der Waals surface area contributed by atoms with Gasteiger partial charge in [0.05, 0.1) is 12.0 Å². The molecule has 2 aromatic rings. The molecular formula is C18H21NO2S. The first-order chi connectivity index (χ1) is 10.4. The molecule has 1 unspecified atom stereocenters. The molecule has 0 aromatic heterocycles. The Hall–Kier alpha value is -1.78. The summed E-state index contributed by atoms with van der Waals surface area (Å²) >= 11 is 1.63. The molecule has 0 fully saturated rings. The summed E-state index contributed by atoms with van der Waals surface area (Å²) < 4.78 is 0. The molecule has 1 atom stereocenters. The Kier molecular flexibility index (Phi) is 5.27. The van der Waals surface area contributed by atoms with E-state index in [1.54, 1.807) is 30.6 Å². The Morgan fingerprint density at radius 2 is 1.86 bits per heavy atom. The van der Waals surface area contributed by atoms with Crippen molar-refractivity contribution in [2.45, 2.75) is 23.8 Å². The highest BCUT2D eigenvalue weighted by Crippen LogP contribution is 2.27. The molecule has 0 saturated carbocycles. The molecule has 2 aromatic carbocycles. The second kappa shape index (κ2) is 6.99. The molecule has 22 heavy (non-hydrogen) atoms. The molecule has 0 heterocycles. The van der Waals surface area contributed by atoms with Crippen molar-refractivity contribution in [1.29, 1.82) is 0 Å². The zero-order valence-electron chi connectivity index (χ0n) is 13.1. The van der Waals surface area contributed by atoms with Gasteiger partial charge in [-0.25, -0.2) is 0 Å². The summed E-state index contributed by atoms with van der Waals surface area (Å²) in [6, 6.07) is 17.1. The number of anilines is 1. The number of aliphatic hydroxyl groups is 1. The second-order valence-corrected chi connectivity index (χ2v) is 6.35. The van der Waals surface area contributed by atoms with Gasteiger partial charge in [-0.1, -0.05) is 36.4 Å². The van der Waals surface area contributed by atoms with E-state index in [2.05, 4.69) is 0 Å². The zero-order valence-corrected chi connectivity index (χ0v) is 13.9. The topological polar surface area (TPSA) is 40.5 Å². The minimum Gasteiger partial charge on any atom is -0.385 e. The van der Waals surface area contributed by atoms with Gasteiger partial charge in [0.1, 0.15) is 0 Å². The van der Waals surface area contributed by atoms with Crippen molar-refractivity contribution >= 4 is 23.4 Å². The fourth-order valence-electron chi connectivity index (χ4n) is 2.28. The van der Waals surface area contributed by atoms with Crippen LogP contribution in [-0.2, 0) is 10.4 Å². The first kappa shape index (κ1) is 16.6. The third kappa shape index (κ3) is 3.90. The lowest BCUT2D eigenvalue weighted by atomic mass is 9.92. The van der Waals surface area contributed by atoms with Gasteiger partial charge in [-0.15, -0.1) is 11.8 Å². The number of nitrogens with zero attached hydrogens (tertiary/aromatic N) is 1. The molecule has 0 aliphatic carbocycles. The summed E-state index contributed by atoms with van der Waals surface area (Å²) in [5.74, 6) is -0.118. The molecular weight excluding hydrogens is 294 g/mol. The number of thioether (sulfide) groups is 1. The standard InChI is InChI=1S/C18H21NO2S/c1-18(21,14-8-5-4-6-9-14)13-17(20)19(2)15-10-7-11-16(12-15)22-3/h4-12,21H,13H2,1-3H3. The largest absolute Gasteiger partial charge is 0.385 e. The van der Waals surface area contributed by atoms with Crippen LogP contribution >= 0.6 is 11.8 Å². The van der Waals surface area contributed by atoms with Gasteiger partial charge in [0, 0.05) is 17.6 Å². The quantitative estimate of drug-likeness (QED) is 0.856. The van der Waals surface area contributed by atoms with Crippen LogP contribution in [0.3, 0.4) is 0 Å². The van der Waals surface area contributed by atoms with Crippen LogP contribution in [0.15, 0.2) is 59.5 Å². The van der Waals surface area contributed by atoms with E-state index in [1.807, 2.05) is 60.9 Å². The summed E-state index contributed by atoms with van der Waals surface area (Å²) in [6.45, 7) is 1.67. The van der Waals surface area contributed by atoms with E-state index in [9.17, 15) is 9.90 Å². The van der Waals surface area contributed by atoms with Crippen molar-refractivity contribution in [2.75, 3.05) is 18.2 Å². The lowest BCUT2D eigenvalue weighted by Gasteiger charge is -2.26. The summed E-state index contributed by atoms with van der Waals surface area (Å²) in [5, 5.41) is 10.6. The van der Waals surface area contributed by atoms with Gasteiger partial charge in [-0.05, 0) is 36.9 Å². The monoisotopic (exact) mass is 315 g/mol. The minimum atomic E-state index is -1.18. The number of hydrogen-bond donors (Lipinski definition) is 1. The number of carbonyl (C=O) groups excluding carboxylic acids is 1. The summed E-state index contributed by atoms with van der Waals surface area (Å²) in [7, 11) is 1.74. The van der Waals surface area contributed by atoms with Crippen molar-refractivity contribution in [3.05, 3.63) is 60.2 Å². The van der Waals surface area contributed by atoms with Crippen molar-refractivity contribution in [3.8, 4) is 0 Å². The maximum absolute atomic E-state index is 12.5. The summed E-state index contributed by atoms with van der Waals surface area (Å²) in [6.07, 6.45) is 2.04. The molecule has 0 spiro atoms. The van der Waals surface area contributed by atoms with Crippen LogP contribution in [0.2, 0.25) is 0 Å². The highest BCUT2D eigenvalue weighted by Gasteiger charge is 2.28. The lowest BCUT2D eigenvalue weighted by molar-refractivity contribution is -0.123. The highest BCUT2D eigenvalue weighted by molar-refractivity contribution is 7.98. The zero-order chi connectivity index (χ0) is 16.2. The average Bonchev–Trinajstić information content (AvgIpc) is 2.54. The molecule has 1 amide bonds. The van der Waals surface area contributed by atoms with Crippen LogP contribution < -0.4 is 4.90 Å². The number of benzene rings is 2. The van der Waals surface area contributed by atoms with Crippen LogP contribution in [0.1, 0.15) is 18.9 Å². The fraction of sp³-hybridized carbons (Fsp3) is 0.278. The minimum absolute atomic E-state index is 0.0387. The maximum atomic E-state index is 12.5. The summed E-state index contributed by atoms with van der Waals surface area (Å²) in [5.41, 5.74) is 0.402. The Morgan fingerprint density at radius 3 is 2.50 bits per heavy atom. The maximum Gasteiger partial charge on any atom is 0.229 e. The Morgan fingerprint density at radius 1 is 1.18 bits per heavy atom. The molecule has 0 saturated heterocycles. The van der Waals surface area contributed by atoms with Gasteiger partial charge in [-0.2, -0.15) is 0 Å². The normalized spacial score (nSPS) is 13.5. The number of amides is 1. The first-order valence-corrected chi connectivity index (χ1v) is 8.35. The summed E-state index contributed by atoms with van der Waals surface area (Å²) in [4.78, 5) is 15.2. The fourth-order valence-corrected chi connectivity index (χ4v) is 2.73. The van der Waals surface area contributed by atoms with Gasteiger partial charge >= 0.3 is 0 Å². The molecule has 0 bridgehead atoms. The number of rotatable bonds is 5. The van der Waals surface area contributed by atoms with E-state index in [0.29, 0.717) is 0 Å². The molecule has 4 heteroatoms.